The maximum absolute atomic E-state index is 6.63. The molecule has 0 saturated carbocycles. The minimum Gasteiger partial charge on any atom is -0.456 e. The molecule has 0 aliphatic carbocycles. The third kappa shape index (κ3) is 6.72. The van der Waals surface area contributed by atoms with Crippen molar-refractivity contribution in [1.82, 2.24) is 15.0 Å². The molecule has 4 aromatic heterocycles. The predicted molar refractivity (Wildman–Crippen MR) is 285 cm³/mol. The molecule has 14 rings (SSSR count). The van der Waals surface area contributed by atoms with E-state index in [2.05, 4.69) is 200 Å². The van der Waals surface area contributed by atoms with Crippen LogP contribution in [0.3, 0.4) is 0 Å². The van der Waals surface area contributed by atoms with Crippen LogP contribution in [0.1, 0.15) is 0 Å². The molecule has 0 unspecified atom stereocenters. The molecule has 0 radical (unpaired) electrons. The Hall–Kier alpha value is -8.97. The molecule has 0 spiro atoms. The lowest BCUT2D eigenvalue weighted by Crippen LogP contribution is -2.00. The van der Waals surface area contributed by atoms with Crippen LogP contribution in [0.2, 0.25) is 0 Å². The van der Waals surface area contributed by atoms with Gasteiger partial charge in [0.15, 0.2) is 17.5 Å². The van der Waals surface area contributed by atoms with E-state index in [1.807, 2.05) is 35.6 Å². The molecule has 322 valence electrons. The zero-order chi connectivity index (χ0) is 45.4. The molecule has 10 aromatic carbocycles. The van der Waals surface area contributed by atoms with Gasteiger partial charge in [-0.1, -0.05) is 164 Å². The van der Waals surface area contributed by atoms with Gasteiger partial charge in [-0.25, -0.2) is 15.0 Å². The summed E-state index contributed by atoms with van der Waals surface area (Å²) in [4.78, 5) is 15.8. The van der Waals surface area contributed by atoms with Crippen LogP contribution < -0.4 is 0 Å². The molecule has 0 bridgehead atoms. The van der Waals surface area contributed by atoms with Gasteiger partial charge in [-0.2, -0.15) is 0 Å². The van der Waals surface area contributed by atoms with E-state index in [0.717, 1.165) is 99.5 Å². The number of fused-ring (bicyclic) bond motifs is 9. The normalized spacial score (nSPS) is 11.8. The molecule has 0 fully saturated rings. The Morgan fingerprint density at radius 1 is 0.261 bits per heavy atom. The quantitative estimate of drug-likeness (QED) is 0.159. The van der Waals surface area contributed by atoms with Gasteiger partial charge >= 0.3 is 0 Å². The Labute approximate surface area is 400 Å². The molecule has 0 amide bonds. The first-order valence-corrected chi connectivity index (χ1v) is 23.9. The predicted octanol–water partition coefficient (Wildman–Crippen LogP) is 17.7. The Morgan fingerprint density at radius 2 is 0.725 bits per heavy atom. The summed E-state index contributed by atoms with van der Waals surface area (Å²) in [5.41, 5.74) is 14.8. The third-order valence-corrected chi connectivity index (χ3v) is 14.5. The average Bonchev–Trinajstić information content (AvgIpc) is 4.12. The highest BCUT2D eigenvalue weighted by Crippen LogP contribution is 2.43. The number of benzene rings is 10. The first-order valence-electron chi connectivity index (χ1n) is 23.1. The van der Waals surface area contributed by atoms with Crippen molar-refractivity contribution < 1.29 is 8.83 Å². The number of nitrogens with zero attached hydrogens (tertiary/aromatic N) is 3. The van der Waals surface area contributed by atoms with Crippen LogP contribution in [0.4, 0.5) is 0 Å². The van der Waals surface area contributed by atoms with Gasteiger partial charge in [-0.15, -0.1) is 11.3 Å². The minimum absolute atomic E-state index is 0.563. The van der Waals surface area contributed by atoms with Gasteiger partial charge in [-0.3, -0.25) is 0 Å². The number of furan rings is 2. The summed E-state index contributed by atoms with van der Waals surface area (Å²) < 4.78 is 15.8. The fourth-order valence-corrected chi connectivity index (χ4v) is 11.2. The van der Waals surface area contributed by atoms with Crippen molar-refractivity contribution >= 4 is 75.4 Å². The van der Waals surface area contributed by atoms with Crippen molar-refractivity contribution in [3.63, 3.8) is 0 Å². The van der Waals surface area contributed by atoms with Gasteiger partial charge in [0.05, 0.1) is 0 Å². The van der Waals surface area contributed by atoms with E-state index in [-0.39, 0.29) is 0 Å². The van der Waals surface area contributed by atoms with Crippen LogP contribution >= 0.6 is 11.3 Å². The first-order chi connectivity index (χ1) is 34.1. The van der Waals surface area contributed by atoms with Crippen LogP contribution in [0.15, 0.2) is 233 Å². The van der Waals surface area contributed by atoms with E-state index >= 15 is 0 Å². The number of thiophene rings is 1. The van der Waals surface area contributed by atoms with Crippen molar-refractivity contribution in [2.75, 3.05) is 0 Å². The third-order valence-electron chi connectivity index (χ3n) is 13.3. The van der Waals surface area contributed by atoms with E-state index in [1.54, 1.807) is 0 Å². The summed E-state index contributed by atoms with van der Waals surface area (Å²) in [6.45, 7) is 0. The monoisotopic (exact) mass is 899 g/mol. The van der Waals surface area contributed by atoms with E-state index in [1.165, 1.54) is 25.7 Å². The number of hydrogen-bond donors (Lipinski definition) is 0. The van der Waals surface area contributed by atoms with Crippen molar-refractivity contribution in [3.05, 3.63) is 224 Å². The van der Waals surface area contributed by atoms with Gasteiger partial charge in [-0.05, 0) is 105 Å². The number of aromatic nitrogens is 3. The smallest absolute Gasteiger partial charge is 0.164 e. The zero-order valence-electron chi connectivity index (χ0n) is 36.9. The van der Waals surface area contributed by atoms with E-state index in [4.69, 9.17) is 23.8 Å². The zero-order valence-corrected chi connectivity index (χ0v) is 37.7. The van der Waals surface area contributed by atoms with Gasteiger partial charge < -0.3 is 8.83 Å². The van der Waals surface area contributed by atoms with Crippen molar-refractivity contribution in [2.45, 2.75) is 0 Å². The molecule has 4 heterocycles. The van der Waals surface area contributed by atoms with E-state index in [0.29, 0.717) is 17.5 Å². The van der Waals surface area contributed by atoms with Crippen LogP contribution in [-0.2, 0) is 0 Å². The lowest BCUT2D eigenvalue weighted by molar-refractivity contribution is 0.669. The SMILES string of the molecule is c1ccc(-c2cccc(-c3nc(-c4cccc(-c5ccccc5)c4)nc(-c4cccc5oc6ccc(-c7cccc8oc9ccc(-c%10ccc%11c(c%10)sc%10ccccc%10%11)cc9c78)cc6c45)n3)c2)cc1. The van der Waals surface area contributed by atoms with Crippen molar-refractivity contribution in [1.29, 1.82) is 0 Å². The highest BCUT2D eigenvalue weighted by atomic mass is 32.1. The second kappa shape index (κ2) is 15.8. The summed E-state index contributed by atoms with van der Waals surface area (Å²) in [7, 11) is 0. The topological polar surface area (TPSA) is 65.0 Å². The summed E-state index contributed by atoms with van der Waals surface area (Å²) in [5.74, 6) is 1.74. The van der Waals surface area contributed by atoms with Gasteiger partial charge in [0.1, 0.15) is 22.3 Å². The lowest BCUT2D eigenvalue weighted by atomic mass is 9.95. The van der Waals surface area contributed by atoms with Gasteiger partial charge in [0.25, 0.3) is 0 Å². The maximum Gasteiger partial charge on any atom is 0.164 e. The second-order valence-corrected chi connectivity index (χ2v) is 18.6. The minimum atomic E-state index is 0.563. The Morgan fingerprint density at radius 3 is 1.39 bits per heavy atom. The molecule has 0 aliphatic rings. The fourth-order valence-electron chi connectivity index (χ4n) is 10.0. The molecule has 0 atom stereocenters. The molecule has 0 N–H and O–H groups in total. The largest absolute Gasteiger partial charge is 0.456 e. The molecule has 5 nitrogen and oxygen atoms in total. The summed E-state index contributed by atoms with van der Waals surface area (Å²) >= 11 is 1.84. The molecule has 14 aromatic rings. The summed E-state index contributed by atoms with van der Waals surface area (Å²) in [5, 5.41) is 6.66. The Bertz CT molecular complexity index is 4220. The van der Waals surface area contributed by atoms with Crippen molar-refractivity contribution in [3.8, 4) is 78.7 Å². The Balaban J connectivity index is 0.925. The molecular formula is C63H37N3O2S. The van der Waals surface area contributed by atoms with Crippen LogP contribution in [-0.4, -0.2) is 15.0 Å². The summed E-state index contributed by atoms with van der Waals surface area (Å²) in [6, 6.07) is 78.6. The van der Waals surface area contributed by atoms with Gasteiger partial charge in [0, 0.05) is 58.4 Å². The molecule has 69 heavy (non-hydrogen) atoms. The molecule has 0 saturated heterocycles. The highest BCUT2D eigenvalue weighted by Gasteiger charge is 2.21. The molecule has 0 aliphatic heterocycles. The lowest BCUT2D eigenvalue weighted by Gasteiger charge is -2.11. The number of rotatable bonds is 7. The van der Waals surface area contributed by atoms with Crippen molar-refractivity contribution in [2.24, 2.45) is 0 Å². The molecular weight excluding hydrogens is 863 g/mol. The number of hydrogen-bond acceptors (Lipinski definition) is 6. The van der Waals surface area contributed by atoms with E-state index in [9.17, 15) is 0 Å². The Kier molecular flexibility index (Phi) is 9.00. The average molecular weight is 900 g/mol. The van der Waals surface area contributed by atoms with Crippen LogP contribution in [0, 0.1) is 0 Å². The maximum atomic E-state index is 6.63. The van der Waals surface area contributed by atoms with Crippen LogP contribution in [0.5, 0.6) is 0 Å². The van der Waals surface area contributed by atoms with Gasteiger partial charge in [0.2, 0.25) is 0 Å². The standard InChI is InChI=1S/C63H37N3O2S/c1-3-13-38(14-4-1)40-17-9-19-45(33-40)61-64-62(46-20-10-18-41(34-46)39-15-5-2-6-16-39)66-63(65-61)50-23-12-25-56-60(50)52-36-44(29-32-54(52)68-56)47-22-11-24-55-59(47)51-35-42(28-31-53(51)67-55)43-27-30-49-48-21-7-8-26-57(48)69-58(49)37-43/h1-37H. The second-order valence-electron chi connectivity index (χ2n) is 17.5. The summed E-state index contributed by atoms with van der Waals surface area (Å²) in [6.07, 6.45) is 0. The van der Waals surface area contributed by atoms with E-state index < -0.39 is 0 Å². The molecule has 6 heteroatoms. The highest BCUT2D eigenvalue weighted by molar-refractivity contribution is 7.25. The fraction of sp³-hybridized carbons (Fsp3) is 0. The van der Waals surface area contributed by atoms with Crippen LogP contribution in [0.25, 0.3) is 143 Å². The first kappa shape index (κ1) is 39.2.